The van der Waals surface area contributed by atoms with Crippen molar-refractivity contribution in [2.24, 2.45) is 0 Å². The topological polar surface area (TPSA) is 39.1 Å². The Kier molecular flexibility index (Phi) is 4.73. The molecule has 0 spiro atoms. The molecule has 0 saturated heterocycles. The summed E-state index contributed by atoms with van der Waals surface area (Å²) in [5.41, 5.74) is 2.61. The third-order valence-electron chi connectivity index (χ3n) is 3.65. The van der Waals surface area contributed by atoms with Crippen LogP contribution in [0.25, 0.3) is 12.2 Å². The molecule has 0 N–H and O–H groups in total. The smallest absolute Gasteiger partial charge is 0.241 e. The number of aryl methyl sites for hydroxylation is 1. The SMILES string of the molecule is Cc1ccc(S(=O)(=O)n2ccc(Br)c2/C=C/c2ccccc2)cc1. The van der Waals surface area contributed by atoms with Gasteiger partial charge in [0.25, 0.3) is 10.0 Å². The standard InChI is InChI=1S/C19H16BrNO2S/c1-15-7-10-17(11-8-15)24(22,23)21-14-13-18(20)19(21)12-9-16-5-3-2-4-6-16/h2-14H,1H3/b12-9+. The first-order valence-corrected chi connectivity index (χ1v) is 9.64. The molecular weight excluding hydrogens is 386 g/mol. The molecular formula is C19H16BrNO2S. The zero-order chi connectivity index (χ0) is 17.2. The molecule has 122 valence electrons. The van der Waals surface area contributed by atoms with E-state index in [1.54, 1.807) is 42.6 Å². The lowest BCUT2D eigenvalue weighted by Crippen LogP contribution is -2.13. The number of hydrogen-bond donors (Lipinski definition) is 0. The van der Waals surface area contributed by atoms with Gasteiger partial charge in [0.1, 0.15) is 0 Å². The van der Waals surface area contributed by atoms with Crippen molar-refractivity contribution in [2.45, 2.75) is 11.8 Å². The summed E-state index contributed by atoms with van der Waals surface area (Å²) in [5.74, 6) is 0. The first-order chi connectivity index (χ1) is 11.5. The molecule has 3 aromatic rings. The van der Waals surface area contributed by atoms with Crippen molar-refractivity contribution in [3.05, 3.63) is 88.2 Å². The van der Waals surface area contributed by atoms with Crippen molar-refractivity contribution in [3.63, 3.8) is 0 Å². The van der Waals surface area contributed by atoms with Crippen LogP contribution >= 0.6 is 15.9 Å². The predicted octanol–water partition coefficient (Wildman–Crippen LogP) is 4.97. The monoisotopic (exact) mass is 401 g/mol. The minimum Gasteiger partial charge on any atom is -0.241 e. The maximum absolute atomic E-state index is 12.9. The van der Waals surface area contributed by atoms with Crippen LogP contribution in [0, 0.1) is 6.92 Å². The van der Waals surface area contributed by atoms with Gasteiger partial charge in [-0.25, -0.2) is 12.4 Å². The first-order valence-electron chi connectivity index (χ1n) is 7.41. The van der Waals surface area contributed by atoms with Crippen LogP contribution in [-0.2, 0) is 10.0 Å². The fraction of sp³-hybridized carbons (Fsp3) is 0.0526. The summed E-state index contributed by atoms with van der Waals surface area (Å²) < 4.78 is 27.8. The van der Waals surface area contributed by atoms with Crippen LogP contribution in [0.5, 0.6) is 0 Å². The Bertz CT molecular complexity index is 972. The summed E-state index contributed by atoms with van der Waals surface area (Å²) >= 11 is 3.43. The Morgan fingerprint density at radius 2 is 1.58 bits per heavy atom. The third kappa shape index (κ3) is 3.37. The van der Waals surface area contributed by atoms with E-state index in [4.69, 9.17) is 0 Å². The van der Waals surface area contributed by atoms with Gasteiger partial charge in [-0.1, -0.05) is 54.1 Å². The molecule has 1 heterocycles. The molecule has 0 unspecified atom stereocenters. The average molecular weight is 402 g/mol. The normalized spacial score (nSPS) is 11.9. The summed E-state index contributed by atoms with van der Waals surface area (Å²) in [4.78, 5) is 0.269. The average Bonchev–Trinajstić information content (AvgIpc) is 2.96. The van der Waals surface area contributed by atoms with Crippen LogP contribution in [0.3, 0.4) is 0 Å². The van der Waals surface area contributed by atoms with E-state index >= 15 is 0 Å². The van der Waals surface area contributed by atoms with Crippen LogP contribution < -0.4 is 0 Å². The molecule has 0 saturated carbocycles. The van der Waals surface area contributed by atoms with Gasteiger partial charge in [0, 0.05) is 10.7 Å². The van der Waals surface area contributed by atoms with Crippen molar-refractivity contribution in [1.82, 2.24) is 3.97 Å². The number of halogens is 1. The van der Waals surface area contributed by atoms with E-state index in [1.165, 1.54) is 3.97 Å². The number of nitrogens with zero attached hydrogens (tertiary/aromatic N) is 1. The highest BCUT2D eigenvalue weighted by atomic mass is 79.9. The highest BCUT2D eigenvalue weighted by molar-refractivity contribution is 9.10. The van der Waals surface area contributed by atoms with E-state index in [1.807, 2.05) is 43.3 Å². The quantitative estimate of drug-likeness (QED) is 0.618. The van der Waals surface area contributed by atoms with E-state index in [9.17, 15) is 8.42 Å². The van der Waals surface area contributed by atoms with E-state index in [-0.39, 0.29) is 4.90 Å². The summed E-state index contributed by atoms with van der Waals surface area (Å²) in [5, 5.41) is 0. The molecule has 3 nitrogen and oxygen atoms in total. The second-order valence-corrected chi connectivity index (χ2v) is 8.08. The number of benzene rings is 2. The van der Waals surface area contributed by atoms with Gasteiger partial charge in [0.05, 0.1) is 10.6 Å². The molecule has 24 heavy (non-hydrogen) atoms. The van der Waals surface area contributed by atoms with E-state index in [2.05, 4.69) is 15.9 Å². The van der Waals surface area contributed by atoms with Crippen molar-refractivity contribution >= 4 is 38.1 Å². The lowest BCUT2D eigenvalue weighted by Gasteiger charge is -2.09. The largest absolute Gasteiger partial charge is 0.268 e. The molecule has 0 amide bonds. The zero-order valence-electron chi connectivity index (χ0n) is 13.1. The van der Waals surface area contributed by atoms with Crippen LogP contribution in [-0.4, -0.2) is 12.4 Å². The Morgan fingerprint density at radius 3 is 2.25 bits per heavy atom. The van der Waals surface area contributed by atoms with Crippen LogP contribution in [0.4, 0.5) is 0 Å². The zero-order valence-corrected chi connectivity index (χ0v) is 15.5. The molecule has 0 bridgehead atoms. The lowest BCUT2D eigenvalue weighted by atomic mass is 10.2. The van der Waals surface area contributed by atoms with Gasteiger partial charge in [-0.15, -0.1) is 0 Å². The molecule has 0 aliphatic carbocycles. The summed E-state index contributed by atoms with van der Waals surface area (Å²) in [7, 11) is -3.63. The molecule has 3 rings (SSSR count). The van der Waals surface area contributed by atoms with Crippen molar-refractivity contribution in [3.8, 4) is 0 Å². The number of hydrogen-bond acceptors (Lipinski definition) is 2. The van der Waals surface area contributed by atoms with Gasteiger partial charge < -0.3 is 0 Å². The van der Waals surface area contributed by atoms with E-state index in [0.717, 1.165) is 15.6 Å². The van der Waals surface area contributed by atoms with Gasteiger partial charge in [0.2, 0.25) is 0 Å². The van der Waals surface area contributed by atoms with Crippen molar-refractivity contribution in [2.75, 3.05) is 0 Å². The highest BCUT2D eigenvalue weighted by Gasteiger charge is 2.20. The summed E-state index contributed by atoms with van der Waals surface area (Å²) in [6, 6.07) is 18.3. The predicted molar refractivity (Wildman–Crippen MR) is 101 cm³/mol. The molecule has 0 aliphatic heterocycles. The fourth-order valence-electron chi connectivity index (χ4n) is 2.33. The molecule has 0 aliphatic rings. The molecule has 0 radical (unpaired) electrons. The lowest BCUT2D eigenvalue weighted by molar-refractivity contribution is 0.587. The molecule has 2 aromatic carbocycles. The second-order valence-electron chi connectivity index (χ2n) is 5.41. The molecule has 5 heteroatoms. The second kappa shape index (κ2) is 6.79. The molecule has 0 fully saturated rings. The van der Waals surface area contributed by atoms with Crippen LogP contribution in [0.2, 0.25) is 0 Å². The maximum Gasteiger partial charge on any atom is 0.268 e. The Hall–Kier alpha value is -2.11. The Balaban J connectivity index is 2.04. The third-order valence-corrected chi connectivity index (χ3v) is 6.02. The molecule has 0 atom stereocenters. The first kappa shape index (κ1) is 16.7. The van der Waals surface area contributed by atoms with Gasteiger partial charge in [-0.05, 0) is 52.7 Å². The molecule has 1 aromatic heterocycles. The number of rotatable bonds is 4. The maximum atomic E-state index is 12.9. The van der Waals surface area contributed by atoms with Crippen molar-refractivity contribution < 1.29 is 8.42 Å². The Morgan fingerprint density at radius 1 is 0.917 bits per heavy atom. The minimum absolute atomic E-state index is 0.269. The number of aromatic nitrogens is 1. The minimum atomic E-state index is -3.63. The Labute approximate surface area is 150 Å². The van der Waals surface area contributed by atoms with Crippen LogP contribution in [0.15, 0.2) is 76.2 Å². The van der Waals surface area contributed by atoms with Crippen LogP contribution in [0.1, 0.15) is 16.8 Å². The summed E-state index contributed by atoms with van der Waals surface area (Å²) in [6.07, 6.45) is 5.25. The van der Waals surface area contributed by atoms with E-state index in [0.29, 0.717) is 5.69 Å². The summed E-state index contributed by atoms with van der Waals surface area (Å²) in [6.45, 7) is 1.93. The fourth-order valence-corrected chi connectivity index (χ4v) is 4.24. The van der Waals surface area contributed by atoms with E-state index < -0.39 is 10.0 Å². The van der Waals surface area contributed by atoms with Gasteiger partial charge in [0.15, 0.2) is 0 Å². The van der Waals surface area contributed by atoms with Gasteiger partial charge >= 0.3 is 0 Å². The van der Waals surface area contributed by atoms with Gasteiger partial charge in [-0.2, -0.15) is 0 Å². The van der Waals surface area contributed by atoms with Crippen molar-refractivity contribution in [1.29, 1.82) is 0 Å². The highest BCUT2D eigenvalue weighted by Crippen LogP contribution is 2.25. The van der Waals surface area contributed by atoms with Gasteiger partial charge in [-0.3, -0.25) is 0 Å².